The van der Waals surface area contributed by atoms with E-state index in [1.165, 1.54) is 18.5 Å². The van der Waals surface area contributed by atoms with Crippen molar-refractivity contribution in [3.63, 3.8) is 0 Å². The Labute approximate surface area is 189 Å². The summed E-state index contributed by atoms with van der Waals surface area (Å²) in [6, 6.07) is 6.86. The molecule has 32 heavy (non-hydrogen) atoms. The van der Waals surface area contributed by atoms with Gasteiger partial charge in [-0.3, -0.25) is 9.59 Å². The van der Waals surface area contributed by atoms with E-state index in [2.05, 4.69) is 0 Å². The minimum absolute atomic E-state index is 0.0786. The van der Waals surface area contributed by atoms with Gasteiger partial charge in [-0.25, -0.2) is 8.42 Å². The van der Waals surface area contributed by atoms with Gasteiger partial charge in [-0.05, 0) is 68.4 Å². The van der Waals surface area contributed by atoms with E-state index in [-0.39, 0.29) is 29.6 Å². The summed E-state index contributed by atoms with van der Waals surface area (Å²) in [6.45, 7) is 6.54. The summed E-state index contributed by atoms with van der Waals surface area (Å²) < 4.78 is 38.2. The zero-order chi connectivity index (χ0) is 23.4. The third-order valence-corrected chi connectivity index (χ3v) is 9.35. The van der Waals surface area contributed by atoms with Crippen LogP contribution in [0.5, 0.6) is 0 Å². The van der Waals surface area contributed by atoms with Gasteiger partial charge in [0.15, 0.2) is 5.41 Å². The fraction of sp³-hybridized carbons (Fsp3) is 0.500. The van der Waals surface area contributed by atoms with Crippen LogP contribution in [0, 0.1) is 24.2 Å². The van der Waals surface area contributed by atoms with E-state index in [9.17, 15) is 18.0 Å². The zero-order valence-electron chi connectivity index (χ0n) is 19.1. The van der Waals surface area contributed by atoms with Crippen molar-refractivity contribution in [2.45, 2.75) is 38.5 Å². The van der Waals surface area contributed by atoms with Crippen molar-refractivity contribution in [1.82, 2.24) is 4.31 Å². The Morgan fingerprint density at radius 1 is 0.938 bits per heavy atom. The summed E-state index contributed by atoms with van der Waals surface area (Å²) >= 11 is 0. The number of nitrogens with zero attached hydrogens (tertiary/aromatic N) is 1. The molecule has 172 valence electrons. The van der Waals surface area contributed by atoms with Gasteiger partial charge in [0.25, 0.3) is 0 Å². The second-order valence-electron chi connectivity index (χ2n) is 9.07. The van der Waals surface area contributed by atoms with Crippen molar-refractivity contribution >= 4 is 22.0 Å². The van der Waals surface area contributed by atoms with E-state index < -0.39 is 27.4 Å². The number of carbonyl (C=O) groups is 2. The minimum Gasteiger partial charge on any atom is -0.468 e. The Hall–Kier alpha value is -2.45. The smallest absolute Gasteiger partial charge is 0.323 e. The fourth-order valence-electron chi connectivity index (χ4n) is 5.60. The molecule has 1 aromatic carbocycles. The molecule has 1 saturated heterocycles. The van der Waals surface area contributed by atoms with Crippen LogP contribution in [0.25, 0.3) is 0 Å². The monoisotopic (exact) mass is 459 g/mol. The number of carbonyl (C=O) groups excluding carboxylic acids is 2. The predicted octanol–water partition coefficient (Wildman–Crippen LogP) is 3.00. The summed E-state index contributed by atoms with van der Waals surface area (Å²) in [4.78, 5) is 25.7. The minimum atomic E-state index is -3.66. The Bertz CT molecular complexity index is 1130. The lowest BCUT2D eigenvalue weighted by Gasteiger charge is -2.30. The normalized spacial score (nSPS) is 24.9. The average Bonchev–Trinajstić information content (AvgIpc) is 3.40. The van der Waals surface area contributed by atoms with Crippen molar-refractivity contribution in [3.05, 3.63) is 52.1 Å². The van der Waals surface area contributed by atoms with Crippen LogP contribution >= 0.6 is 0 Å². The third-order valence-electron chi connectivity index (χ3n) is 7.53. The Morgan fingerprint density at radius 2 is 1.50 bits per heavy atom. The molecule has 7 nitrogen and oxygen atoms in total. The largest absolute Gasteiger partial charge is 0.468 e. The molecule has 1 saturated carbocycles. The molecule has 0 bridgehead atoms. The third kappa shape index (κ3) is 3.23. The number of esters is 2. The molecule has 2 fully saturated rings. The molecular weight excluding hydrogens is 430 g/mol. The van der Waals surface area contributed by atoms with E-state index >= 15 is 0 Å². The SMILES string of the molecule is COC(=O)C1(C(=O)OC)CC2=C(C)C(C)=C3CN(S(=O)(=O)c4ccc(C)cc4)CC3C2C1. The van der Waals surface area contributed by atoms with Crippen LogP contribution in [0.15, 0.2) is 51.5 Å². The summed E-state index contributed by atoms with van der Waals surface area (Å²) in [7, 11) is -1.11. The maximum atomic E-state index is 13.3. The molecule has 4 rings (SSSR count). The first kappa shape index (κ1) is 22.7. The van der Waals surface area contributed by atoms with Gasteiger partial charge in [0.05, 0.1) is 19.1 Å². The summed E-state index contributed by atoms with van der Waals surface area (Å²) in [5.74, 6) is -1.38. The fourth-order valence-corrected chi connectivity index (χ4v) is 7.04. The summed E-state index contributed by atoms with van der Waals surface area (Å²) in [5, 5.41) is 0. The van der Waals surface area contributed by atoms with Gasteiger partial charge < -0.3 is 9.47 Å². The van der Waals surface area contributed by atoms with Crippen molar-refractivity contribution in [2.75, 3.05) is 27.3 Å². The summed E-state index contributed by atoms with van der Waals surface area (Å²) in [6.07, 6.45) is 0.508. The number of fused-ring (bicyclic) bond motifs is 3. The lowest BCUT2D eigenvalue weighted by Crippen LogP contribution is -2.39. The molecule has 2 atom stereocenters. The second kappa shape index (κ2) is 7.85. The first-order chi connectivity index (χ1) is 15.1. The first-order valence-corrected chi connectivity index (χ1v) is 12.1. The molecule has 1 aromatic rings. The standard InChI is InChI=1S/C24H29NO6S/c1-14-6-8-17(9-7-14)32(28,29)25-12-20-16(3)15(2)18-10-24(22(26)30-4,23(27)31-5)11-19(18)21(20)13-25/h6-9,19,21H,10-13H2,1-5H3. The van der Waals surface area contributed by atoms with Gasteiger partial charge in [0, 0.05) is 19.0 Å². The molecule has 0 N–H and O–H groups in total. The van der Waals surface area contributed by atoms with Crippen LogP contribution in [0.3, 0.4) is 0 Å². The molecule has 0 spiro atoms. The van der Waals surface area contributed by atoms with E-state index in [0.29, 0.717) is 13.1 Å². The van der Waals surface area contributed by atoms with Gasteiger partial charge in [-0.1, -0.05) is 23.3 Å². The van der Waals surface area contributed by atoms with Crippen LogP contribution in [-0.2, 0) is 29.1 Å². The molecule has 8 heteroatoms. The number of aryl methyl sites for hydroxylation is 1. The molecule has 0 radical (unpaired) electrons. The number of allylic oxidation sites excluding steroid dienone is 3. The van der Waals surface area contributed by atoms with Crippen molar-refractivity contribution in [1.29, 1.82) is 0 Å². The average molecular weight is 460 g/mol. The summed E-state index contributed by atoms with van der Waals surface area (Å²) in [5.41, 5.74) is 3.79. The highest BCUT2D eigenvalue weighted by Gasteiger charge is 2.59. The van der Waals surface area contributed by atoms with Crippen molar-refractivity contribution < 1.29 is 27.5 Å². The molecule has 2 aliphatic carbocycles. The maximum Gasteiger partial charge on any atom is 0.323 e. The number of hydrogen-bond acceptors (Lipinski definition) is 6. The number of ether oxygens (including phenoxy) is 2. The second-order valence-corrected chi connectivity index (χ2v) is 11.0. The molecule has 2 unspecified atom stereocenters. The lowest BCUT2D eigenvalue weighted by molar-refractivity contribution is -0.168. The van der Waals surface area contributed by atoms with Crippen molar-refractivity contribution in [2.24, 2.45) is 17.3 Å². The number of sulfonamides is 1. The molecule has 1 aliphatic heterocycles. The van der Waals surface area contributed by atoms with Crippen LogP contribution in [-0.4, -0.2) is 52.0 Å². The predicted molar refractivity (Wildman–Crippen MR) is 118 cm³/mol. The Kier molecular flexibility index (Phi) is 5.57. The van der Waals surface area contributed by atoms with E-state index in [1.54, 1.807) is 24.3 Å². The van der Waals surface area contributed by atoms with Gasteiger partial charge in [-0.2, -0.15) is 4.31 Å². The maximum absolute atomic E-state index is 13.3. The van der Waals surface area contributed by atoms with Gasteiger partial charge in [-0.15, -0.1) is 0 Å². The van der Waals surface area contributed by atoms with Crippen molar-refractivity contribution in [3.8, 4) is 0 Å². The van der Waals surface area contributed by atoms with Gasteiger partial charge >= 0.3 is 11.9 Å². The van der Waals surface area contributed by atoms with Crippen LogP contribution < -0.4 is 0 Å². The lowest BCUT2D eigenvalue weighted by atomic mass is 9.74. The van der Waals surface area contributed by atoms with Crippen LogP contribution in [0.4, 0.5) is 0 Å². The molecule has 0 aromatic heterocycles. The van der Waals surface area contributed by atoms with Gasteiger partial charge in [0.2, 0.25) is 10.0 Å². The number of methoxy groups -OCH3 is 2. The zero-order valence-corrected chi connectivity index (χ0v) is 19.9. The van der Waals surface area contributed by atoms with E-state index in [1.807, 2.05) is 20.8 Å². The Morgan fingerprint density at radius 3 is 2.06 bits per heavy atom. The number of hydrogen-bond donors (Lipinski definition) is 0. The molecule has 1 heterocycles. The quantitative estimate of drug-likeness (QED) is 0.508. The first-order valence-electron chi connectivity index (χ1n) is 10.7. The van der Waals surface area contributed by atoms with Crippen LogP contribution in [0.2, 0.25) is 0 Å². The number of rotatable bonds is 4. The van der Waals surface area contributed by atoms with Gasteiger partial charge in [0.1, 0.15) is 0 Å². The highest BCUT2D eigenvalue weighted by atomic mass is 32.2. The van der Waals surface area contributed by atoms with Crippen LogP contribution in [0.1, 0.15) is 32.3 Å². The highest BCUT2D eigenvalue weighted by Crippen LogP contribution is 2.57. The Balaban J connectivity index is 1.71. The highest BCUT2D eigenvalue weighted by molar-refractivity contribution is 7.89. The van der Waals surface area contributed by atoms with E-state index in [0.717, 1.165) is 27.9 Å². The molecule has 3 aliphatic rings. The van der Waals surface area contributed by atoms with E-state index in [4.69, 9.17) is 9.47 Å². The molecular formula is C24H29NO6S. The molecule has 0 amide bonds. The number of benzene rings is 1. The topological polar surface area (TPSA) is 90.0 Å².